The Kier molecular flexibility index (Phi) is 7.54. The molecule has 9 rings (SSSR count). The topological polar surface area (TPSA) is 57.2 Å². The third-order valence-electron chi connectivity index (χ3n) is 8.80. The molecular formula is C37H40O5S8. The lowest BCUT2D eigenvalue weighted by Gasteiger charge is -2.37. The van der Waals surface area contributed by atoms with Crippen molar-refractivity contribution >= 4 is 94.1 Å². The first-order chi connectivity index (χ1) is 23.0. The molecule has 6 aliphatic rings. The Morgan fingerprint density at radius 2 is 0.720 bits per heavy atom. The van der Waals surface area contributed by atoms with Gasteiger partial charge in [-0.2, -0.15) is 0 Å². The van der Waals surface area contributed by atoms with Crippen LogP contribution >= 0.6 is 94.1 Å². The Morgan fingerprint density at radius 1 is 0.420 bits per heavy atom. The summed E-state index contributed by atoms with van der Waals surface area (Å²) in [6, 6.07) is 6.60. The molecular weight excluding hydrogens is 781 g/mol. The molecule has 13 heteroatoms. The second-order valence-corrected chi connectivity index (χ2v) is 30.3. The largest absolute Gasteiger partial charge is 0.449 e. The van der Waals surface area contributed by atoms with Gasteiger partial charge in [-0.15, -0.1) is 94.1 Å². The summed E-state index contributed by atoms with van der Waals surface area (Å²) in [4.78, 5) is 9.27. The lowest BCUT2D eigenvalue weighted by Crippen LogP contribution is -2.35. The molecule has 0 bridgehead atoms. The second-order valence-electron chi connectivity index (χ2n) is 16.1. The highest BCUT2D eigenvalue weighted by molar-refractivity contribution is 8.22. The number of rotatable bonds is 3. The molecule has 0 aliphatic carbocycles. The van der Waals surface area contributed by atoms with E-state index in [4.69, 9.17) is 18.9 Å². The van der Waals surface area contributed by atoms with Gasteiger partial charge in [-0.25, -0.2) is 0 Å². The number of hydrogen-bond acceptors (Lipinski definition) is 13. The summed E-state index contributed by atoms with van der Waals surface area (Å²) in [5, 5.41) is 14.9. The molecule has 0 amide bonds. The third kappa shape index (κ3) is 5.46. The number of fused-ring (bicyclic) bond motifs is 6. The summed E-state index contributed by atoms with van der Waals surface area (Å²) in [7, 11) is 0. The number of ether oxygens (including phenoxy) is 4. The summed E-state index contributed by atoms with van der Waals surface area (Å²) in [5.74, 6) is 0.192. The van der Waals surface area contributed by atoms with Crippen LogP contribution in [0.1, 0.15) is 99.8 Å². The highest BCUT2D eigenvalue weighted by Crippen LogP contribution is 2.73. The van der Waals surface area contributed by atoms with Crippen LogP contribution in [0, 0.1) is 0 Å². The quantitative estimate of drug-likeness (QED) is 0.255. The first kappa shape index (κ1) is 35.3. The van der Waals surface area contributed by atoms with Crippen LogP contribution in [0.5, 0.6) is 23.0 Å². The fraction of sp³-hybridized carbons (Fsp3) is 0.514. The Labute approximate surface area is 329 Å². The molecule has 3 aromatic carbocycles. The molecule has 0 spiro atoms. The average molecular weight is 821 g/mol. The van der Waals surface area contributed by atoms with Crippen molar-refractivity contribution in [1.29, 1.82) is 0 Å². The summed E-state index contributed by atoms with van der Waals surface area (Å²) in [6.45, 7) is 25.9. The van der Waals surface area contributed by atoms with Crippen LogP contribution in [0.25, 0.3) is 0 Å². The Bertz CT molecular complexity index is 1710. The molecule has 0 unspecified atom stereocenters. The van der Waals surface area contributed by atoms with Gasteiger partial charge in [0.15, 0.2) is 28.6 Å². The minimum atomic E-state index is -1.72. The van der Waals surface area contributed by atoms with Crippen LogP contribution in [0.3, 0.4) is 0 Å². The van der Waals surface area contributed by atoms with Crippen molar-refractivity contribution < 1.29 is 24.1 Å². The molecule has 266 valence electrons. The fourth-order valence-corrected chi connectivity index (χ4v) is 19.0. The predicted octanol–water partition coefficient (Wildman–Crippen LogP) is 12.7. The van der Waals surface area contributed by atoms with Crippen molar-refractivity contribution in [2.75, 3.05) is 0 Å². The second kappa shape index (κ2) is 10.7. The number of benzene rings is 3. The van der Waals surface area contributed by atoms with Gasteiger partial charge in [0.1, 0.15) is 0 Å². The van der Waals surface area contributed by atoms with Crippen molar-refractivity contribution in [3.8, 4) is 23.0 Å². The molecule has 6 heterocycles. The molecule has 0 saturated carbocycles. The summed E-state index contributed by atoms with van der Waals surface area (Å²) in [5.41, 5.74) is 0.658. The first-order valence-corrected chi connectivity index (χ1v) is 23.1. The minimum absolute atomic E-state index is 0.124. The van der Waals surface area contributed by atoms with E-state index in [-0.39, 0.29) is 16.3 Å². The Balaban J connectivity index is 1.48. The van der Waals surface area contributed by atoms with Gasteiger partial charge in [0.2, 0.25) is 11.6 Å². The smallest absolute Gasteiger partial charge is 0.246 e. The molecule has 0 saturated heterocycles. The molecule has 50 heavy (non-hydrogen) atoms. The molecule has 0 radical (unpaired) electrons. The molecule has 3 aromatic rings. The Morgan fingerprint density at radius 3 is 1.02 bits per heavy atom. The van der Waals surface area contributed by atoms with Crippen molar-refractivity contribution in [3.63, 3.8) is 0 Å². The molecule has 5 nitrogen and oxygen atoms in total. The van der Waals surface area contributed by atoms with Crippen LogP contribution in [0.4, 0.5) is 0 Å². The van der Waals surface area contributed by atoms with E-state index in [0.717, 1.165) is 30.7 Å². The lowest BCUT2D eigenvalue weighted by atomic mass is 9.78. The summed E-state index contributed by atoms with van der Waals surface area (Å²) < 4.78 is 26.1. The van der Waals surface area contributed by atoms with Crippen LogP contribution in [-0.2, 0) is 5.60 Å². The maximum Gasteiger partial charge on any atom is 0.246 e. The SMILES string of the molecule is CC1(C)Oc2cc3c(c(C(O)(c4c5c(cc6c4SC(C)(C)S6)SC(C)(C)S5)c4c5c(cc6c4SC(C)(C)S6)SC(C)(C)S5)c2O1)OC(C)(C)O3. The van der Waals surface area contributed by atoms with Crippen LogP contribution in [0.15, 0.2) is 57.4 Å². The average Bonchev–Trinajstić information content (AvgIpc) is 3.72. The number of aliphatic hydroxyl groups is 1. The van der Waals surface area contributed by atoms with Gasteiger partial charge >= 0.3 is 0 Å². The summed E-state index contributed by atoms with van der Waals surface area (Å²) in [6.07, 6.45) is 0. The minimum Gasteiger partial charge on any atom is -0.449 e. The van der Waals surface area contributed by atoms with Gasteiger partial charge in [0.05, 0.1) is 21.9 Å². The van der Waals surface area contributed by atoms with Gasteiger partial charge < -0.3 is 24.1 Å². The molecule has 6 aliphatic heterocycles. The van der Waals surface area contributed by atoms with E-state index in [9.17, 15) is 5.11 Å². The zero-order valence-corrected chi connectivity index (χ0v) is 36.6. The fourth-order valence-electron chi connectivity index (χ4n) is 7.41. The zero-order chi connectivity index (χ0) is 35.8. The summed E-state index contributed by atoms with van der Waals surface area (Å²) >= 11 is 14.9. The van der Waals surface area contributed by atoms with Crippen LogP contribution < -0.4 is 18.9 Å². The molecule has 0 fully saturated rings. The number of hydrogen-bond donors (Lipinski definition) is 1. The van der Waals surface area contributed by atoms with E-state index in [2.05, 4.69) is 67.5 Å². The van der Waals surface area contributed by atoms with Crippen LogP contribution in [-0.4, -0.2) is 33.0 Å². The van der Waals surface area contributed by atoms with Gasteiger partial charge in [0.25, 0.3) is 0 Å². The normalized spacial score (nSPS) is 24.3. The standard InChI is InChI=1S/C37H40O5S8/c1-31(2)39-16-13-17-26(42-32(3,4)40-17)22(25(16)41-31)37(38,23-27-18(43-33(5,6)47-27)14-19-28(23)48-34(7,8)44-19)24-29-20(45-35(9,10)49-29)15-21-30(24)50-36(11,12)46-21/h13-15,38H,1-12H3. The number of thioether (sulfide) groups is 8. The van der Waals surface area contributed by atoms with Crippen molar-refractivity contribution in [1.82, 2.24) is 0 Å². The predicted molar refractivity (Wildman–Crippen MR) is 215 cm³/mol. The molecule has 1 N–H and O–H groups in total. The Hall–Kier alpha value is -0.380. The van der Waals surface area contributed by atoms with E-state index in [0.29, 0.717) is 28.6 Å². The highest BCUT2D eigenvalue weighted by Gasteiger charge is 2.57. The van der Waals surface area contributed by atoms with E-state index in [1.807, 2.05) is 128 Å². The maximum absolute atomic E-state index is 14.9. The highest BCUT2D eigenvalue weighted by atomic mass is 32.2. The van der Waals surface area contributed by atoms with Crippen molar-refractivity contribution in [3.05, 3.63) is 34.9 Å². The van der Waals surface area contributed by atoms with Crippen molar-refractivity contribution in [2.24, 2.45) is 0 Å². The van der Waals surface area contributed by atoms with Gasteiger partial charge in [-0.1, -0.05) is 0 Å². The monoisotopic (exact) mass is 820 g/mol. The maximum atomic E-state index is 14.9. The van der Waals surface area contributed by atoms with Crippen LogP contribution in [0.2, 0.25) is 0 Å². The molecule has 0 aromatic heterocycles. The van der Waals surface area contributed by atoms with Gasteiger partial charge in [0, 0.05) is 84.1 Å². The van der Waals surface area contributed by atoms with E-state index < -0.39 is 17.2 Å². The molecule has 0 atom stereocenters. The third-order valence-corrected chi connectivity index (χ3v) is 19.9. The van der Waals surface area contributed by atoms with E-state index in [1.165, 1.54) is 19.6 Å². The lowest BCUT2D eigenvalue weighted by molar-refractivity contribution is -0.0510. The van der Waals surface area contributed by atoms with Crippen molar-refractivity contribution in [2.45, 2.75) is 156 Å². The van der Waals surface area contributed by atoms with E-state index >= 15 is 0 Å². The zero-order valence-electron chi connectivity index (χ0n) is 30.1. The van der Waals surface area contributed by atoms with E-state index in [1.54, 1.807) is 0 Å². The van der Waals surface area contributed by atoms with Gasteiger partial charge in [-0.3, -0.25) is 0 Å². The van der Waals surface area contributed by atoms with Gasteiger partial charge in [-0.05, 0) is 67.5 Å². The first-order valence-electron chi connectivity index (χ1n) is 16.6.